The maximum absolute atomic E-state index is 13.1. The summed E-state index contributed by atoms with van der Waals surface area (Å²) in [6.07, 6.45) is 0. The van der Waals surface area contributed by atoms with Gasteiger partial charge in [-0.15, -0.1) is 0 Å². The molecule has 0 aliphatic carbocycles. The van der Waals surface area contributed by atoms with Gasteiger partial charge in [-0.1, -0.05) is 65.8 Å². The molecule has 238 valence electrons. The van der Waals surface area contributed by atoms with Crippen LogP contribution in [-0.2, 0) is 31.1 Å². The van der Waals surface area contributed by atoms with E-state index in [1.54, 1.807) is 50.2 Å². The summed E-state index contributed by atoms with van der Waals surface area (Å²) in [6.45, 7) is 15.1. The number of hydrogen-bond donors (Lipinski definition) is 3. The maximum Gasteiger partial charge on any atom is 0.300 e. The molecule has 0 fully saturated rings. The number of fused-ring (bicyclic) bond motifs is 4. The Balaban J connectivity index is 1.84. The van der Waals surface area contributed by atoms with Gasteiger partial charge in [0.2, 0.25) is 0 Å². The summed E-state index contributed by atoms with van der Waals surface area (Å²) in [4.78, 5) is 16.2. The smallest absolute Gasteiger partial charge is 0.300 e. The molecule has 3 heterocycles. The van der Waals surface area contributed by atoms with Crippen LogP contribution >= 0.6 is 0 Å². The lowest BCUT2D eigenvalue weighted by Crippen LogP contribution is -2.33. The summed E-state index contributed by atoms with van der Waals surface area (Å²) >= 11 is 0. The highest BCUT2D eigenvalue weighted by atomic mass is 32.2. The number of benzene rings is 3. The molecule has 0 saturated heterocycles. The first kappa shape index (κ1) is 31.4. The number of ketones is 1. The third-order valence-electron chi connectivity index (χ3n) is 9.89. The maximum atomic E-state index is 13.1. The highest BCUT2D eigenvalue weighted by Crippen LogP contribution is 2.52. The van der Waals surface area contributed by atoms with Crippen LogP contribution in [0.3, 0.4) is 0 Å². The lowest BCUT2D eigenvalue weighted by Gasteiger charge is -2.29. The van der Waals surface area contributed by atoms with Gasteiger partial charge in [-0.25, -0.2) is 0 Å². The van der Waals surface area contributed by atoms with Crippen LogP contribution < -0.4 is 20.6 Å². The summed E-state index contributed by atoms with van der Waals surface area (Å²) in [5, 5.41) is 3.51. The Bertz CT molecular complexity index is 2180. The largest absolute Gasteiger partial charge is 0.453 e. The molecular weight excluding hydrogens is 617 g/mol. The minimum absolute atomic E-state index is 0.0388. The highest BCUT2D eigenvalue weighted by molar-refractivity contribution is 7.86. The number of nitrogens with zero attached hydrogens (tertiary/aromatic N) is 1. The van der Waals surface area contributed by atoms with Crippen LogP contribution in [0.1, 0.15) is 88.0 Å². The van der Waals surface area contributed by atoms with Gasteiger partial charge in [0.15, 0.2) is 27.1 Å². The second kappa shape index (κ2) is 9.71. The fourth-order valence-corrected chi connectivity index (χ4v) is 8.11. The minimum Gasteiger partial charge on any atom is -0.453 e. The van der Waals surface area contributed by atoms with E-state index in [-0.39, 0.29) is 46.3 Å². The molecule has 12 heteroatoms. The van der Waals surface area contributed by atoms with Crippen molar-refractivity contribution in [3.63, 3.8) is 0 Å². The van der Waals surface area contributed by atoms with Gasteiger partial charge < -0.3 is 10.1 Å². The van der Waals surface area contributed by atoms with Gasteiger partial charge in [-0.2, -0.15) is 16.8 Å². The molecular formula is C33H36N2O8S2. The van der Waals surface area contributed by atoms with Crippen LogP contribution in [0.2, 0.25) is 0 Å². The minimum atomic E-state index is -4.97. The summed E-state index contributed by atoms with van der Waals surface area (Å²) in [7, 11) is -9.92. The molecule has 3 aromatic rings. The van der Waals surface area contributed by atoms with Crippen LogP contribution in [-0.4, -0.2) is 43.8 Å². The van der Waals surface area contributed by atoms with E-state index in [1.165, 1.54) is 0 Å². The molecule has 10 nitrogen and oxygen atoms in total. The number of carbonyl (C=O) groups excluding carboxylic acids is 1. The predicted molar refractivity (Wildman–Crippen MR) is 169 cm³/mol. The normalized spacial score (nSPS) is 20.8. The number of ether oxygens (including phenoxy) is 1. The first-order valence-electron chi connectivity index (χ1n) is 14.7. The number of rotatable bonds is 5. The van der Waals surface area contributed by atoms with E-state index in [0.717, 1.165) is 0 Å². The van der Waals surface area contributed by atoms with Crippen molar-refractivity contribution in [1.82, 2.24) is 0 Å². The van der Waals surface area contributed by atoms with Gasteiger partial charge in [0.1, 0.15) is 0 Å². The molecule has 0 amide bonds. The first-order valence-corrected chi connectivity index (χ1v) is 17.6. The van der Waals surface area contributed by atoms with Gasteiger partial charge in [-0.05, 0) is 42.7 Å². The Labute approximate surface area is 262 Å². The summed E-state index contributed by atoms with van der Waals surface area (Å²) in [5.74, 6) is -0.882. The second-order valence-corrected chi connectivity index (χ2v) is 16.3. The molecule has 2 atom stereocenters. The average Bonchev–Trinajstić information content (AvgIpc) is 3.28. The Morgan fingerprint density at radius 3 is 2.04 bits per heavy atom. The molecule has 3 N–H and O–H groups in total. The third-order valence-corrected chi connectivity index (χ3v) is 11.7. The van der Waals surface area contributed by atoms with Crippen LogP contribution in [0.5, 0.6) is 11.5 Å². The van der Waals surface area contributed by atoms with Crippen molar-refractivity contribution >= 4 is 37.3 Å². The molecule has 2 unspecified atom stereocenters. The molecule has 0 saturated carbocycles. The van der Waals surface area contributed by atoms with Gasteiger partial charge in [0, 0.05) is 44.7 Å². The lowest BCUT2D eigenvalue weighted by molar-refractivity contribution is 0.0939. The number of nitrogens with one attached hydrogen (secondary N) is 1. The van der Waals surface area contributed by atoms with Crippen molar-refractivity contribution in [2.24, 2.45) is 10.9 Å². The molecule has 3 aromatic carbocycles. The Kier molecular flexibility index (Phi) is 6.78. The lowest BCUT2D eigenvalue weighted by atomic mass is 9.78. The second-order valence-electron chi connectivity index (χ2n) is 13.6. The zero-order valence-electron chi connectivity index (χ0n) is 26.3. The standard InChI is InChI=1S/C33H36N2O8S2/c1-15(2)27(36)19-11-9-18(10-12-19)24-20-13-22-25(34-16(3)32(22,5)6)30(44(37,38)39)28(20)43-29-21(24)14-23-26(31(29)45(40,41)42)35-17(4)33(23,7)8/h9-17,34H,1-8H3,(H,37,38,39)(H,40,41,42). The zero-order chi connectivity index (χ0) is 33.2. The molecule has 45 heavy (non-hydrogen) atoms. The van der Waals surface area contributed by atoms with Crippen LogP contribution in [0.25, 0.3) is 5.57 Å². The third kappa shape index (κ3) is 4.56. The first-order chi connectivity index (χ1) is 20.7. The number of anilines is 1. The fourth-order valence-electron chi connectivity index (χ4n) is 6.50. The van der Waals surface area contributed by atoms with E-state index >= 15 is 0 Å². The Morgan fingerprint density at radius 2 is 1.49 bits per heavy atom. The quantitative estimate of drug-likeness (QED) is 0.204. The Hall–Kier alpha value is -3.58. The topological polar surface area (TPSA) is 159 Å². The van der Waals surface area contributed by atoms with Gasteiger partial charge in [0.25, 0.3) is 20.2 Å². The van der Waals surface area contributed by atoms with Crippen LogP contribution in [0.4, 0.5) is 5.69 Å². The highest BCUT2D eigenvalue weighted by Gasteiger charge is 2.45. The summed E-state index contributed by atoms with van der Waals surface area (Å²) in [6, 6.07) is 9.77. The number of carbonyl (C=O) groups is 1. The van der Waals surface area contributed by atoms with Crippen molar-refractivity contribution in [2.45, 2.75) is 88.1 Å². The van der Waals surface area contributed by atoms with E-state index in [0.29, 0.717) is 38.6 Å². The fraction of sp³-hybridized carbons (Fsp3) is 0.394. The summed E-state index contributed by atoms with van der Waals surface area (Å²) in [5.41, 5.74) is 1.91. The van der Waals surface area contributed by atoms with Crippen LogP contribution in [0, 0.1) is 5.92 Å². The number of Topliss-reactive ketones (excluding diaryl/α,β-unsaturated/α-hetero) is 1. The molecule has 0 bridgehead atoms. The average molecular weight is 653 g/mol. The van der Waals surface area contributed by atoms with Crippen LogP contribution in [0.15, 0.2) is 51.2 Å². The SMILES string of the molecule is CC(C)C(=O)c1ccc(C2=c3cc4c(c(S(=O)(=O)O)c3Oc3c2cc2c(c3S(=O)(=O)O)NC(C)C2(C)C)=NC(C)C4(C)C)cc1. The molecule has 0 aromatic heterocycles. The van der Waals surface area contributed by atoms with E-state index in [4.69, 9.17) is 4.74 Å². The van der Waals surface area contributed by atoms with E-state index < -0.39 is 40.9 Å². The van der Waals surface area contributed by atoms with Gasteiger partial charge >= 0.3 is 0 Å². The van der Waals surface area contributed by atoms with Gasteiger partial charge in [-0.3, -0.25) is 18.9 Å². The van der Waals surface area contributed by atoms with Crippen molar-refractivity contribution in [3.8, 4) is 11.5 Å². The monoisotopic (exact) mass is 652 g/mol. The molecule has 6 rings (SSSR count). The van der Waals surface area contributed by atoms with Crippen molar-refractivity contribution in [2.75, 3.05) is 5.32 Å². The molecule has 0 spiro atoms. The van der Waals surface area contributed by atoms with E-state index in [1.807, 2.05) is 41.5 Å². The van der Waals surface area contributed by atoms with Crippen molar-refractivity contribution in [3.05, 3.63) is 74.8 Å². The predicted octanol–water partition coefficient (Wildman–Crippen LogP) is 4.76. The van der Waals surface area contributed by atoms with E-state index in [2.05, 4.69) is 10.3 Å². The molecule has 3 aliphatic heterocycles. The number of hydrogen-bond acceptors (Lipinski definition) is 8. The molecule has 0 radical (unpaired) electrons. The zero-order valence-corrected chi connectivity index (χ0v) is 27.9. The molecule has 3 aliphatic rings. The summed E-state index contributed by atoms with van der Waals surface area (Å²) < 4.78 is 79.9. The van der Waals surface area contributed by atoms with E-state index in [9.17, 15) is 30.7 Å². The van der Waals surface area contributed by atoms with Crippen molar-refractivity contribution in [1.29, 1.82) is 0 Å². The van der Waals surface area contributed by atoms with Gasteiger partial charge in [0.05, 0.1) is 17.1 Å². The van der Waals surface area contributed by atoms with Crippen molar-refractivity contribution < 1.29 is 35.5 Å². The Morgan fingerprint density at radius 1 is 0.889 bits per heavy atom.